The third-order valence-electron chi connectivity index (χ3n) is 2.54. The van der Waals surface area contributed by atoms with Crippen LogP contribution in [0.4, 0.5) is 0 Å². The highest BCUT2D eigenvalue weighted by Gasteiger charge is 2.05. The van der Waals surface area contributed by atoms with E-state index in [-0.39, 0.29) is 0 Å². The molecule has 0 saturated carbocycles. The van der Waals surface area contributed by atoms with E-state index in [1.165, 1.54) is 32.1 Å². The van der Waals surface area contributed by atoms with E-state index in [2.05, 4.69) is 38.2 Å². The van der Waals surface area contributed by atoms with E-state index in [9.17, 15) is 0 Å². The number of rotatable bonds is 9. The molecule has 0 radical (unpaired) electrons. The second-order valence-electron chi connectivity index (χ2n) is 4.39. The summed E-state index contributed by atoms with van der Waals surface area (Å²) in [5.41, 5.74) is 0. The topological polar surface area (TPSA) is 15.3 Å². The first-order chi connectivity index (χ1) is 6.70. The van der Waals surface area contributed by atoms with Gasteiger partial charge < -0.3 is 10.2 Å². The molecular formula is C12H28N2. The predicted molar refractivity (Wildman–Crippen MR) is 64.8 cm³/mol. The Bertz CT molecular complexity index is 113. The molecule has 0 heterocycles. The number of likely N-dealkylation sites (N-methyl/N-ethyl adjacent to an activating group) is 1. The van der Waals surface area contributed by atoms with Gasteiger partial charge in [-0.05, 0) is 26.9 Å². The van der Waals surface area contributed by atoms with Gasteiger partial charge in [0.1, 0.15) is 0 Å². The van der Waals surface area contributed by atoms with Crippen LogP contribution in [0.2, 0.25) is 0 Å². The van der Waals surface area contributed by atoms with Crippen molar-refractivity contribution in [3.63, 3.8) is 0 Å². The third kappa shape index (κ3) is 8.52. The summed E-state index contributed by atoms with van der Waals surface area (Å²) in [6.07, 6.45) is 6.64. The van der Waals surface area contributed by atoms with Crippen molar-refractivity contribution in [1.82, 2.24) is 10.2 Å². The van der Waals surface area contributed by atoms with Crippen LogP contribution < -0.4 is 5.32 Å². The molecule has 0 fully saturated rings. The van der Waals surface area contributed by atoms with Gasteiger partial charge in [0.25, 0.3) is 0 Å². The van der Waals surface area contributed by atoms with Crippen LogP contribution in [0, 0.1) is 0 Å². The first-order valence-electron chi connectivity index (χ1n) is 6.08. The van der Waals surface area contributed by atoms with Crippen LogP contribution in [-0.4, -0.2) is 38.1 Å². The van der Waals surface area contributed by atoms with Gasteiger partial charge in [-0.3, -0.25) is 0 Å². The van der Waals surface area contributed by atoms with Crippen molar-refractivity contribution in [3.05, 3.63) is 0 Å². The molecule has 0 aliphatic carbocycles. The van der Waals surface area contributed by atoms with Gasteiger partial charge in [-0.2, -0.15) is 0 Å². The van der Waals surface area contributed by atoms with Crippen LogP contribution in [0.25, 0.3) is 0 Å². The van der Waals surface area contributed by atoms with E-state index in [1.807, 2.05) is 0 Å². The molecule has 0 spiro atoms. The van der Waals surface area contributed by atoms with Crippen LogP contribution in [0.3, 0.4) is 0 Å². The van der Waals surface area contributed by atoms with Crippen molar-refractivity contribution in [1.29, 1.82) is 0 Å². The molecule has 0 aliphatic heterocycles. The quantitative estimate of drug-likeness (QED) is 0.615. The van der Waals surface area contributed by atoms with Gasteiger partial charge in [0, 0.05) is 19.1 Å². The molecule has 2 heteroatoms. The highest BCUT2D eigenvalue weighted by atomic mass is 15.1. The first-order valence-corrected chi connectivity index (χ1v) is 6.08. The average Bonchev–Trinajstić information content (AvgIpc) is 2.13. The van der Waals surface area contributed by atoms with Crippen LogP contribution in [0.5, 0.6) is 0 Å². The standard InChI is InChI=1S/C12H28N2/c1-5-7-9-12(8-6-2)13-10-11-14(3)4/h12-13H,5-11H2,1-4H3. The maximum absolute atomic E-state index is 3.65. The maximum Gasteiger partial charge on any atom is 0.0101 e. The zero-order chi connectivity index (χ0) is 10.8. The maximum atomic E-state index is 3.65. The summed E-state index contributed by atoms with van der Waals surface area (Å²) >= 11 is 0. The number of hydrogen-bond donors (Lipinski definition) is 1. The van der Waals surface area contributed by atoms with E-state index in [0.29, 0.717) is 0 Å². The first kappa shape index (κ1) is 13.9. The molecule has 0 aromatic rings. The van der Waals surface area contributed by atoms with E-state index < -0.39 is 0 Å². The normalized spacial score (nSPS) is 13.5. The number of unbranched alkanes of at least 4 members (excludes halogenated alkanes) is 1. The van der Waals surface area contributed by atoms with E-state index in [1.54, 1.807) is 0 Å². The fourth-order valence-electron chi connectivity index (χ4n) is 1.64. The van der Waals surface area contributed by atoms with Crippen molar-refractivity contribution in [2.24, 2.45) is 0 Å². The van der Waals surface area contributed by atoms with Crippen LogP contribution >= 0.6 is 0 Å². The minimum absolute atomic E-state index is 0.750. The van der Waals surface area contributed by atoms with Crippen molar-refractivity contribution < 1.29 is 0 Å². The third-order valence-corrected chi connectivity index (χ3v) is 2.54. The highest BCUT2D eigenvalue weighted by molar-refractivity contribution is 4.66. The molecule has 0 aromatic carbocycles. The summed E-state index contributed by atoms with van der Waals surface area (Å²) in [4.78, 5) is 2.23. The van der Waals surface area contributed by atoms with Gasteiger partial charge in [-0.25, -0.2) is 0 Å². The van der Waals surface area contributed by atoms with Crippen LogP contribution in [-0.2, 0) is 0 Å². The van der Waals surface area contributed by atoms with Crippen molar-refractivity contribution in [3.8, 4) is 0 Å². The predicted octanol–water partition coefficient (Wildman–Crippen LogP) is 2.50. The van der Waals surface area contributed by atoms with Crippen molar-refractivity contribution in [2.45, 2.75) is 52.0 Å². The molecule has 0 aromatic heterocycles. The molecule has 14 heavy (non-hydrogen) atoms. The smallest absolute Gasteiger partial charge is 0.0101 e. The monoisotopic (exact) mass is 200 g/mol. The lowest BCUT2D eigenvalue weighted by molar-refractivity contribution is 0.365. The molecule has 0 aliphatic rings. The summed E-state index contributed by atoms with van der Waals surface area (Å²) in [6.45, 7) is 6.81. The Morgan fingerprint density at radius 3 is 2.29 bits per heavy atom. The lowest BCUT2D eigenvalue weighted by atomic mass is 10.1. The van der Waals surface area contributed by atoms with Crippen molar-refractivity contribution in [2.75, 3.05) is 27.2 Å². The Hall–Kier alpha value is -0.0800. The number of hydrogen-bond acceptors (Lipinski definition) is 2. The Kier molecular flexibility index (Phi) is 9.42. The SMILES string of the molecule is CCCCC(CCC)NCCN(C)C. The number of nitrogens with zero attached hydrogens (tertiary/aromatic N) is 1. The fraction of sp³-hybridized carbons (Fsp3) is 1.00. The van der Waals surface area contributed by atoms with Gasteiger partial charge in [-0.15, -0.1) is 0 Å². The molecule has 0 amide bonds. The fourth-order valence-corrected chi connectivity index (χ4v) is 1.64. The largest absolute Gasteiger partial charge is 0.313 e. The Balaban J connectivity index is 3.50. The molecule has 86 valence electrons. The van der Waals surface area contributed by atoms with Gasteiger partial charge >= 0.3 is 0 Å². The minimum atomic E-state index is 0.750. The van der Waals surface area contributed by atoms with Crippen LogP contribution in [0.1, 0.15) is 46.0 Å². The second kappa shape index (κ2) is 9.47. The van der Waals surface area contributed by atoms with Crippen LogP contribution in [0.15, 0.2) is 0 Å². The summed E-state index contributed by atoms with van der Waals surface area (Å²) in [5, 5.41) is 3.65. The van der Waals surface area contributed by atoms with Crippen molar-refractivity contribution >= 4 is 0 Å². The average molecular weight is 200 g/mol. The number of nitrogens with one attached hydrogen (secondary N) is 1. The molecular weight excluding hydrogens is 172 g/mol. The Morgan fingerprint density at radius 2 is 1.79 bits per heavy atom. The van der Waals surface area contributed by atoms with Gasteiger partial charge in [0.15, 0.2) is 0 Å². The zero-order valence-electron chi connectivity index (χ0n) is 10.5. The van der Waals surface area contributed by atoms with Gasteiger partial charge in [-0.1, -0.05) is 33.1 Å². The molecule has 2 nitrogen and oxygen atoms in total. The second-order valence-corrected chi connectivity index (χ2v) is 4.39. The summed E-state index contributed by atoms with van der Waals surface area (Å²) in [6, 6.07) is 0.750. The highest BCUT2D eigenvalue weighted by Crippen LogP contribution is 2.06. The molecule has 0 saturated heterocycles. The Morgan fingerprint density at radius 1 is 1.07 bits per heavy atom. The minimum Gasteiger partial charge on any atom is -0.313 e. The van der Waals surface area contributed by atoms with Gasteiger partial charge in [0.2, 0.25) is 0 Å². The lowest BCUT2D eigenvalue weighted by Gasteiger charge is -2.19. The summed E-state index contributed by atoms with van der Waals surface area (Å²) in [7, 11) is 4.26. The lowest BCUT2D eigenvalue weighted by Crippen LogP contribution is -2.34. The van der Waals surface area contributed by atoms with E-state index in [4.69, 9.17) is 0 Å². The summed E-state index contributed by atoms with van der Waals surface area (Å²) < 4.78 is 0. The molecule has 0 bridgehead atoms. The van der Waals surface area contributed by atoms with E-state index >= 15 is 0 Å². The zero-order valence-corrected chi connectivity index (χ0v) is 10.5. The van der Waals surface area contributed by atoms with Gasteiger partial charge in [0.05, 0.1) is 0 Å². The molecule has 1 atom stereocenters. The Labute approximate surface area is 90.1 Å². The molecule has 0 rings (SSSR count). The summed E-state index contributed by atoms with van der Waals surface area (Å²) in [5.74, 6) is 0. The van der Waals surface area contributed by atoms with E-state index in [0.717, 1.165) is 19.1 Å². The molecule has 1 N–H and O–H groups in total. The molecule has 1 unspecified atom stereocenters.